The standard InChI is InChI=1S/C25H27N3O5S/c29-25(27-30)22(10-5-6-16-15-26-21-9-3-1-7-18(16)21)28-34(31,32)17-12-13-20-19-8-2-4-11-23(19)33-24(20)14-17/h1,3,7,9,12-15,22,26,28,30H,2,4-6,8,10-11H2,(H,27,29). The van der Waals surface area contributed by atoms with Gasteiger partial charge in [-0.05, 0) is 62.3 Å². The number of amides is 1. The Bertz CT molecular complexity index is 1450. The molecule has 178 valence electrons. The topological polar surface area (TPSA) is 124 Å². The van der Waals surface area contributed by atoms with E-state index in [0.29, 0.717) is 18.4 Å². The van der Waals surface area contributed by atoms with Crippen LogP contribution >= 0.6 is 0 Å². The van der Waals surface area contributed by atoms with E-state index in [4.69, 9.17) is 4.42 Å². The first kappa shape index (κ1) is 22.6. The molecule has 8 nitrogen and oxygen atoms in total. The van der Waals surface area contributed by atoms with Crippen molar-refractivity contribution in [3.8, 4) is 0 Å². The minimum absolute atomic E-state index is 0.0264. The summed E-state index contributed by atoms with van der Waals surface area (Å²) in [7, 11) is -4.01. The molecule has 1 amide bonds. The highest BCUT2D eigenvalue weighted by Crippen LogP contribution is 2.33. The van der Waals surface area contributed by atoms with E-state index in [1.54, 1.807) is 11.5 Å². The molecule has 2 aromatic heterocycles. The normalized spacial score (nSPS) is 14.9. The van der Waals surface area contributed by atoms with Gasteiger partial charge in [0.25, 0.3) is 5.91 Å². The highest BCUT2D eigenvalue weighted by atomic mass is 32.2. The van der Waals surface area contributed by atoms with Gasteiger partial charge in [0.2, 0.25) is 10.0 Å². The molecule has 9 heteroatoms. The summed E-state index contributed by atoms with van der Waals surface area (Å²) >= 11 is 0. The molecule has 2 aromatic carbocycles. The van der Waals surface area contributed by atoms with Crippen molar-refractivity contribution in [3.05, 3.63) is 65.5 Å². The lowest BCUT2D eigenvalue weighted by molar-refractivity contribution is -0.131. The minimum atomic E-state index is -4.01. The largest absolute Gasteiger partial charge is 0.461 e. The van der Waals surface area contributed by atoms with Gasteiger partial charge in [-0.1, -0.05) is 18.2 Å². The summed E-state index contributed by atoms with van der Waals surface area (Å²) in [6, 6.07) is 11.6. The molecular weight excluding hydrogens is 454 g/mol. The molecule has 5 rings (SSSR count). The van der Waals surface area contributed by atoms with Gasteiger partial charge in [-0.15, -0.1) is 0 Å². The number of para-hydroxylation sites is 1. The van der Waals surface area contributed by atoms with Crippen molar-refractivity contribution >= 4 is 37.8 Å². The number of fused-ring (bicyclic) bond motifs is 4. The van der Waals surface area contributed by atoms with Crippen LogP contribution < -0.4 is 10.2 Å². The third-order valence-corrected chi connectivity index (χ3v) is 8.05. The molecular formula is C25H27N3O5S. The zero-order valence-electron chi connectivity index (χ0n) is 18.6. The Hall–Kier alpha value is -3.14. The van der Waals surface area contributed by atoms with Crippen LogP contribution in [0.3, 0.4) is 0 Å². The Morgan fingerprint density at radius 2 is 1.94 bits per heavy atom. The summed E-state index contributed by atoms with van der Waals surface area (Å²) in [5.41, 5.74) is 5.40. The summed E-state index contributed by atoms with van der Waals surface area (Å²) in [6.45, 7) is 0. The van der Waals surface area contributed by atoms with Gasteiger partial charge in [0, 0.05) is 40.5 Å². The van der Waals surface area contributed by atoms with Crippen LogP contribution in [0.2, 0.25) is 0 Å². The second-order valence-electron chi connectivity index (χ2n) is 8.77. The predicted molar refractivity (Wildman–Crippen MR) is 128 cm³/mol. The van der Waals surface area contributed by atoms with Crippen LogP contribution in [0.4, 0.5) is 0 Å². The molecule has 1 atom stereocenters. The number of rotatable bonds is 8. The number of hydrogen-bond acceptors (Lipinski definition) is 5. The lowest BCUT2D eigenvalue weighted by Gasteiger charge is -2.17. The molecule has 0 fully saturated rings. The van der Waals surface area contributed by atoms with Crippen molar-refractivity contribution < 1.29 is 22.8 Å². The van der Waals surface area contributed by atoms with Gasteiger partial charge in [0.1, 0.15) is 17.4 Å². The van der Waals surface area contributed by atoms with Gasteiger partial charge in [0.15, 0.2) is 0 Å². The maximum absolute atomic E-state index is 13.1. The van der Waals surface area contributed by atoms with Gasteiger partial charge in [-0.2, -0.15) is 4.72 Å². The zero-order valence-corrected chi connectivity index (χ0v) is 19.5. The van der Waals surface area contributed by atoms with Gasteiger partial charge < -0.3 is 9.40 Å². The number of aryl methyl sites for hydroxylation is 3. The minimum Gasteiger partial charge on any atom is -0.461 e. The predicted octanol–water partition coefficient (Wildman–Crippen LogP) is 3.97. The first-order chi connectivity index (χ1) is 16.5. The number of hydrogen-bond donors (Lipinski definition) is 4. The maximum atomic E-state index is 13.1. The van der Waals surface area contributed by atoms with E-state index in [-0.39, 0.29) is 11.3 Å². The summed E-state index contributed by atoms with van der Waals surface area (Å²) < 4.78 is 34.6. The van der Waals surface area contributed by atoms with Gasteiger partial charge >= 0.3 is 0 Å². The summed E-state index contributed by atoms with van der Waals surface area (Å²) in [5, 5.41) is 11.2. The number of carbonyl (C=O) groups is 1. The Kier molecular flexibility index (Phi) is 6.16. The monoisotopic (exact) mass is 481 g/mol. The average Bonchev–Trinajstić information content (AvgIpc) is 3.43. The zero-order chi connectivity index (χ0) is 23.7. The molecule has 34 heavy (non-hydrogen) atoms. The molecule has 1 aliphatic rings. The van der Waals surface area contributed by atoms with E-state index in [0.717, 1.165) is 58.9 Å². The third-order valence-electron chi connectivity index (χ3n) is 6.58. The fourth-order valence-electron chi connectivity index (χ4n) is 4.82. The van der Waals surface area contributed by atoms with E-state index in [1.807, 2.05) is 30.5 Å². The Balaban J connectivity index is 1.32. The highest BCUT2D eigenvalue weighted by molar-refractivity contribution is 7.89. The molecule has 2 heterocycles. The molecule has 1 unspecified atom stereocenters. The summed E-state index contributed by atoms with van der Waals surface area (Å²) in [4.78, 5) is 15.5. The van der Waals surface area contributed by atoms with Crippen molar-refractivity contribution in [2.45, 2.75) is 55.9 Å². The fraction of sp³-hybridized carbons (Fsp3) is 0.320. The molecule has 0 saturated carbocycles. The van der Waals surface area contributed by atoms with Gasteiger partial charge in [-0.25, -0.2) is 13.9 Å². The smallest absolute Gasteiger partial charge is 0.261 e. The van der Waals surface area contributed by atoms with Crippen molar-refractivity contribution in [2.75, 3.05) is 0 Å². The Labute approximate surface area is 197 Å². The number of aromatic amines is 1. The van der Waals surface area contributed by atoms with Crippen molar-refractivity contribution in [1.82, 2.24) is 15.2 Å². The molecule has 0 spiro atoms. The molecule has 0 saturated heterocycles. The molecule has 0 bridgehead atoms. The summed E-state index contributed by atoms with van der Waals surface area (Å²) in [5.74, 6) is 0.135. The molecule has 4 N–H and O–H groups in total. The lowest BCUT2D eigenvalue weighted by atomic mass is 9.96. The van der Waals surface area contributed by atoms with Gasteiger partial charge in [0.05, 0.1) is 4.90 Å². The van der Waals surface area contributed by atoms with Crippen LogP contribution in [0.1, 0.15) is 42.6 Å². The Morgan fingerprint density at radius 1 is 1.12 bits per heavy atom. The molecule has 4 aromatic rings. The van der Waals surface area contributed by atoms with Crippen molar-refractivity contribution in [2.24, 2.45) is 0 Å². The number of benzene rings is 2. The first-order valence-corrected chi connectivity index (χ1v) is 13.0. The number of furan rings is 1. The van der Waals surface area contributed by atoms with Crippen molar-refractivity contribution in [3.63, 3.8) is 0 Å². The van der Waals surface area contributed by atoms with Crippen LogP contribution in [0.15, 0.2) is 58.0 Å². The second-order valence-corrected chi connectivity index (χ2v) is 10.5. The third kappa shape index (κ3) is 4.34. The van der Waals surface area contributed by atoms with Gasteiger partial charge in [-0.3, -0.25) is 10.0 Å². The first-order valence-electron chi connectivity index (χ1n) is 11.5. The quantitative estimate of drug-likeness (QED) is 0.224. The molecule has 0 radical (unpaired) electrons. The number of carbonyl (C=O) groups excluding carboxylic acids is 1. The number of aromatic nitrogens is 1. The molecule has 0 aliphatic heterocycles. The average molecular weight is 482 g/mol. The van der Waals surface area contributed by atoms with E-state index in [2.05, 4.69) is 9.71 Å². The highest BCUT2D eigenvalue weighted by Gasteiger charge is 2.27. The van der Waals surface area contributed by atoms with Crippen LogP contribution in [-0.2, 0) is 34.1 Å². The van der Waals surface area contributed by atoms with Crippen LogP contribution in [0, 0.1) is 0 Å². The number of sulfonamides is 1. The second kappa shape index (κ2) is 9.25. The van der Waals surface area contributed by atoms with E-state index in [1.165, 1.54) is 12.1 Å². The Morgan fingerprint density at radius 3 is 2.79 bits per heavy atom. The van der Waals surface area contributed by atoms with Crippen LogP contribution in [0.25, 0.3) is 21.9 Å². The fourth-order valence-corrected chi connectivity index (χ4v) is 6.07. The van der Waals surface area contributed by atoms with E-state index >= 15 is 0 Å². The maximum Gasteiger partial charge on any atom is 0.261 e. The van der Waals surface area contributed by atoms with E-state index in [9.17, 15) is 18.4 Å². The van der Waals surface area contributed by atoms with Crippen LogP contribution in [0.5, 0.6) is 0 Å². The van der Waals surface area contributed by atoms with Crippen LogP contribution in [-0.4, -0.2) is 30.6 Å². The number of hydroxylamine groups is 1. The molecule has 1 aliphatic carbocycles. The number of H-pyrrole nitrogens is 1. The van der Waals surface area contributed by atoms with Crippen molar-refractivity contribution in [1.29, 1.82) is 0 Å². The lowest BCUT2D eigenvalue weighted by Crippen LogP contribution is -2.45. The summed E-state index contributed by atoms with van der Waals surface area (Å²) in [6.07, 6.45) is 7.31. The number of nitrogens with one attached hydrogen (secondary N) is 3. The SMILES string of the molecule is O=C(NO)C(CCCc1c[nH]c2ccccc12)NS(=O)(=O)c1ccc2c3c(oc2c1)CCCC3. The van der Waals surface area contributed by atoms with E-state index < -0.39 is 22.0 Å².